The van der Waals surface area contributed by atoms with E-state index in [1.807, 2.05) is 19.1 Å². The van der Waals surface area contributed by atoms with Crippen molar-refractivity contribution in [2.24, 2.45) is 0 Å². The minimum Gasteiger partial charge on any atom is -0.478 e. The molecule has 0 fully saturated rings. The molecule has 1 amide bonds. The number of nitrogens with one attached hydrogen (secondary N) is 1. The molecular weight excluding hydrogens is 302 g/mol. The third-order valence-electron chi connectivity index (χ3n) is 3.43. The van der Waals surface area contributed by atoms with Gasteiger partial charge in [-0.2, -0.15) is 0 Å². The molecule has 0 aliphatic carbocycles. The fourth-order valence-corrected chi connectivity index (χ4v) is 2.33. The summed E-state index contributed by atoms with van der Waals surface area (Å²) >= 11 is 5.95. The topological polar surface area (TPSA) is 66.4 Å². The van der Waals surface area contributed by atoms with Crippen LogP contribution in [0.15, 0.2) is 42.5 Å². The van der Waals surface area contributed by atoms with E-state index in [2.05, 4.69) is 5.32 Å². The highest BCUT2D eigenvalue weighted by Gasteiger charge is 2.15. The predicted octanol–water partition coefficient (Wildman–Crippen LogP) is 3.84. The van der Waals surface area contributed by atoms with Crippen molar-refractivity contribution in [1.29, 1.82) is 0 Å². The highest BCUT2D eigenvalue weighted by molar-refractivity contribution is 6.30. The number of hydrogen-bond donors (Lipinski definition) is 2. The molecule has 114 valence electrons. The van der Waals surface area contributed by atoms with Crippen LogP contribution in [0.5, 0.6) is 0 Å². The van der Waals surface area contributed by atoms with E-state index in [-0.39, 0.29) is 17.5 Å². The maximum atomic E-state index is 12.4. The normalized spacial score (nSPS) is 11.8. The summed E-state index contributed by atoms with van der Waals surface area (Å²) in [5.41, 5.74) is 2.05. The molecule has 0 saturated heterocycles. The van der Waals surface area contributed by atoms with Crippen LogP contribution in [0.4, 0.5) is 0 Å². The van der Waals surface area contributed by atoms with Crippen LogP contribution in [0.3, 0.4) is 0 Å². The van der Waals surface area contributed by atoms with Gasteiger partial charge in [-0.25, -0.2) is 4.79 Å². The van der Waals surface area contributed by atoms with Crippen LogP contribution in [0.1, 0.15) is 44.8 Å². The van der Waals surface area contributed by atoms with Gasteiger partial charge in [0.2, 0.25) is 0 Å². The van der Waals surface area contributed by atoms with Crippen LogP contribution >= 0.6 is 11.6 Å². The van der Waals surface area contributed by atoms with Crippen molar-refractivity contribution in [3.05, 3.63) is 69.7 Å². The molecule has 22 heavy (non-hydrogen) atoms. The Balaban J connectivity index is 2.22. The molecule has 2 N–H and O–H groups in total. The standard InChI is InChI=1S/C17H16ClNO3/c1-10-6-7-13(17(21)22)9-15(10)16(20)19-11(2)12-4-3-5-14(18)8-12/h3-9,11H,1-2H3,(H,19,20)(H,21,22). The fourth-order valence-electron chi connectivity index (χ4n) is 2.13. The van der Waals surface area contributed by atoms with Crippen LogP contribution in [-0.2, 0) is 0 Å². The molecule has 2 aromatic carbocycles. The smallest absolute Gasteiger partial charge is 0.335 e. The molecular formula is C17H16ClNO3. The number of halogens is 1. The molecule has 2 rings (SSSR count). The maximum absolute atomic E-state index is 12.4. The molecule has 1 unspecified atom stereocenters. The molecule has 4 nitrogen and oxygen atoms in total. The average Bonchev–Trinajstić information content (AvgIpc) is 2.47. The largest absolute Gasteiger partial charge is 0.478 e. The zero-order valence-electron chi connectivity index (χ0n) is 12.3. The number of carboxylic acid groups (broad SMARTS) is 1. The lowest BCUT2D eigenvalue weighted by Gasteiger charge is -2.16. The van der Waals surface area contributed by atoms with E-state index in [1.165, 1.54) is 12.1 Å². The van der Waals surface area contributed by atoms with E-state index in [0.717, 1.165) is 11.1 Å². The second-order valence-corrected chi connectivity index (χ2v) is 5.52. The number of aryl methyl sites for hydroxylation is 1. The van der Waals surface area contributed by atoms with Crippen molar-refractivity contribution in [2.75, 3.05) is 0 Å². The molecule has 0 aromatic heterocycles. The first kappa shape index (κ1) is 16.0. The number of aromatic carboxylic acids is 1. The van der Waals surface area contributed by atoms with Gasteiger partial charge in [0.15, 0.2) is 0 Å². The van der Waals surface area contributed by atoms with Gasteiger partial charge in [0, 0.05) is 10.6 Å². The van der Waals surface area contributed by atoms with Crippen LogP contribution in [-0.4, -0.2) is 17.0 Å². The van der Waals surface area contributed by atoms with Crippen LogP contribution in [0.25, 0.3) is 0 Å². The highest BCUT2D eigenvalue weighted by atomic mass is 35.5. The van der Waals surface area contributed by atoms with E-state index in [9.17, 15) is 9.59 Å². The van der Waals surface area contributed by atoms with E-state index < -0.39 is 5.97 Å². The van der Waals surface area contributed by atoms with Crippen molar-refractivity contribution in [3.8, 4) is 0 Å². The molecule has 0 bridgehead atoms. The van der Waals surface area contributed by atoms with Crippen molar-refractivity contribution < 1.29 is 14.7 Å². The van der Waals surface area contributed by atoms with Gasteiger partial charge in [-0.15, -0.1) is 0 Å². The summed E-state index contributed by atoms with van der Waals surface area (Å²) in [6, 6.07) is 11.5. The molecule has 2 aromatic rings. The summed E-state index contributed by atoms with van der Waals surface area (Å²) in [6.07, 6.45) is 0. The monoisotopic (exact) mass is 317 g/mol. The molecule has 0 spiro atoms. The Morgan fingerprint density at radius 2 is 1.91 bits per heavy atom. The summed E-state index contributed by atoms with van der Waals surface area (Å²) in [4.78, 5) is 23.4. The molecule has 0 radical (unpaired) electrons. The molecule has 0 aliphatic rings. The van der Waals surface area contributed by atoms with Gasteiger partial charge in [0.05, 0.1) is 11.6 Å². The van der Waals surface area contributed by atoms with Gasteiger partial charge in [-0.3, -0.25) is 4.79 Å². The second kappa shape index (κ2) is 6.62. The van der Waals surface area contributed by atoms with E-state index >= 15 is 0 Å². The summed E-state index contributed by atoms with van der Waals surface area (Å²) in [7, 11) is 0. The van der Waals surface area contributed by atoms with Gasteiger partial charge in [-0.1, -0.05) is 29.8 Å². The lowest BCUT2D eigenvalue weighted by molar-refractivity contribution is 0.0697. The Kier molecular flexibility index (Phi) is 4.83. The van der Waals surface area contributed by atoms with Crippen molar-refractivity contribution >= 4 is 23.5 Å². The molecule has 5 heteroatoms. The second-order valence-electron chi connectivity index (χ2n) is 5.09. The first-order chi connectivity index (χ1) is 10.4. The van der Waals surface area contributed by atoms with Gasteiger partial charge in [0.25, 0.3) is 5.91 Å². The van der Waals surface area contributed by atoms with E-state index in [4.69, 9.17) is 16.7 Å². The van der Waals surface area contributed by atoms with E-state index in [1.54, 1.807) is 25.1 Å². The zero-order chi connectivity index (χ0) is 16.3. The highest BCUT2D eigenvalue weighted by Crippen LogP contribution is 2.19. The van der Waals surface area contributed by atoms with E-state index in [0.29, 0.717) is 10.6 Å². The number of amides is 1. The summed E-state index contributed by atoms with van der Waals surface area (Å²) in [5, 5.41) is 12.5. The van der Waals surface area contributed by atoms with Crippen LogP contribution < -0.4 is 5.32 Å². The van der Waals surface area contributed by atoms with Gasteiger partial charge >= 0.3 is 5.97 Å². The van der Waals surface area contributed by atoms with Gasteiger partial charge in [0.1, 0.15) is 0 Å². The molecule has 1 atom stereocenters. The third kappa shape index (κ3) is 3.65. The third-order valence-corrected chi connectivity index (χ3v) is 3.66. The molecule has 0 aliphatic heterocycles. The predicted molar refractivity (Wildman–Crippen MR) is 85.5 cm³/mol. The maximum Gasteiger partial charge on any atom is 0.335 e. The van der Waals surface area contributed by atoms with Gasteiger partial charge in [-0.05, 0) is 49.2 Å². The number of carbonyl (C=O) groups is 2. The van der Waals surface area contributed by atoms with Crippen LogP contribution in [0.2, 0.25) is 5.02 Å². The number of carbonyl (C=O) groups excluding carboxylic acids is 1. The van der Waals surface area contributed by atoms with Crippen LogP contribution in [0, 0.1) is 6.92 Å². The number of carboxylic acids is 1. The summed E-state index contributed by atoms with van der Waals surface area (Å²) in [5.74, 6) is -1.37. The number of hydrogen-bond acceptors (Lipinski definition) is 2. The lowest BCUT2D eigenvalue weighted by Crippen LogP contribution is -2.27. The Morgan fingerprint density at radius 1 is 1.18 bits per heavy atom. The first-order valence-electron chi connectivity index (χ1n) is 6.78. The Hall–Kier alpha value is -2.33. The number of rotatable bonds is 4. The summed E-state index contributed by atoms with van der Waals surface area (Å²) in [6.45, 7) is 3.62. The molecule has 0 heterocycles. The fraction of sp³-hybridized carbons (Fsp3) is 0.176. The Labute approximate surface area is 133 Å². The minimum absolute atomic E-state index is 0.0890. The lowest BCUT2D eigenvalue weighted by atomic mass is 10.0. The number of benzene rings is 2. The Bertz CT molecular complexity index is 728. The zero-order valence-corrected chi connectivity index (χ0v) is 13.0. The van der Waals surface area contributed by atoms with Crippen molar-refractivity contribution in [1.82, 2.24) is 5.32 Å². The van der Waals surface area contributed by atoms with Crippen molar-refractivity contribution in [2.45, 2.75) is 19.9 Å². The van der Waals surface area contributed by atoms with Crippen molar-refractivity contribution in [3.63, 3.8) is 0 Å². The first-order valence-corrected chi connectivity index (χ1v) is 7.16. The summed E-state index contributed by atoms with van der Waals surface area (Å²) < 4.78 is 0. The SMILES string of the molecule is Cc1ccc(C(=O)O)cc1C(=O)NC(C)c1cccc(Cl)c1. The quantitative estimate of drug-likeness (QED) is 0.900. The molecule has 0 saturated carbocycles. The van der Waals surface area contributed by atoms with Gasteiger partial charge < -0.3 is 10.4 Å². The minimum atomic E-state index is -1.06. The average molecular weight is 318 g/mol. The Morgan fingerprint density at radius 3 is 2.55 bits per heavy atom.